The summed E-state index contributed by atoms with van der Waals surface area (Å²) in [5.41, 5.74) is 1.71. The second-order valence-electron chi connectivity index (χ2n) is 4.33. The van der Waals surface area contributed by atoms with Crippen LogP contribution >= 0.6 is 0 Å². The summed E-state index contributed by atoms with van der Waals surface area (Å²) in [6, 6.07) is 5.22. The predicted octanol–water partition coefficient (Wildman–Crippen LogP) is 1.86. The van der Waals surface area contributed by atoms with Crippen molar-refractivity contribution in [2.45, 2.75) is 19.8 Å². The quantitative estimate of drug-likeness (QED) is 0.880. The first-order chi connectivity index (χ1) is 9.04. The molecule has 2 aromatic rings. The number of rotatable bonds is 4. The van der Waals surface area contributed by atoms with Gasteiger partial charge in [-0.1, -0.05) is 6.07 Å². The second kappa shape index (κ2) is 5.14. The van der Waals surface area contributed by atoms with Crippen molar-refractivity contribution in [1.29, 1.82) is 0 Å². The third-order valence-electron chi connectivity index (χ3n) is 3.12. The molecular weight excluding hydrogens is 246 g/mol. The number of aryl methyl sites for hydroxylation is 1. The minimum atomic E-state index is -0.912. The molecule has 5 heteroatoms. The third-order valence-corrected chi connectivity index (χ3v) is 3.12. The van der Waals surface area contributed by atoms with Gasteiger partial charge in [0.05, 0.1) is 12.6 Å². The van der Waals surface area contributed by atoms with Gasteiger partial charge in [0.1, 0.15) is 5.75 Å². The van der Waals surface area contributed by atoms with Crippen molar-refractivity contribution in [2.24, 2.45) is 0 Å². The number of pyridine rings is 1. The van der Waals surface area contributed by atoms with E-state index in [2.05, 4.69) is 4.98 Å². The van der Waals surface area contributed by atoms with Crippen LogP contribution in [0.5, 0.6) is 5.75 Å². The Balaban J connectivity index is 2.62. The van der Waals surface area contributed by atoms with Gasteiger partial charge in [-0.25, -0.2) is 0 Å². The number of methoxy groups -OCH3 is 1. The van der Waals surface area contributed by atoms with Gasteiger partial charge in [-0.3, -0.25) is 9.59 Å². The Hall–Kier alpha value is -2.30. The monoisotopic (exact) mass is 261 g/mol. The average Bonchev–Trinajstić information content (AvgIpc) is 2.37. The van der Waals surface area contributed by atoms with Crippen LogP contribution in [-0.2, 0) is 11.2 Å². The molecule has 0 amide bonds. The number of aromatic amines is 1. The van der Waals surface area contributed by atoms with Crippen LogP contribution in [0.2, 0.25) is 0 Å². The number of fused-ring (bicyclic) bond motifs is 1. The fraction of sp³-hybridized carbons (Fsp3) is 0.286. The lowest BCUT2D eigenvalue weighted by molar-refractivity contribution is -0.136. The summed E-state index contributed by atoms with van der Waals surface area (Å²) < 4.78 is 5.21. The molecule has 0 fully saturated rings. The van der Waals surface area contributed by atoms with Crippen LogP contribution in [0.15, 0.2) is 23.0 Å². The summed E-state index contributed by atoms with van der Waals surface area (Å²) in [4.78, 5) is 26.1. The SMILES string of the molecule is COc1cccc2c(=O)c(CCC(=O)O)c(C)[nH]c12. The van der Waals surface area contributed by atoms with E-state index in [4.69, 9.17) is 9.84 Å². The predicted molar refractivity (Wildman–Crippen MR) is 71.8 cm³/mol. The van der Waals surface area contributed by atoms with Gasteiger partial charge in [-0.15, -0.1) is 0 Å². The van der Waals surface area contributed by atoms with E-state index in [0.717, 1.165) is 0 Å². The normalized spacial score (nSPS) is 10.6. The van der Waals surface area contributed by atoms with Gasteiger partial charge >= 0.3 is 5.97 Å². The molecule has 1 aromatic heterocycles. The highest BCUT2D eigenvalue weighted by molar-refractivity contribution is 5.85. The van der Waals surface area contributed by atoms with E-state index in [-0.39, 0.29) is 18.3 Å². The number of nitrogens with one attached hydrogen (secondary N) is 1. The second-order valence-corrected chi connectivity index (χ2v) is 4.33. The molecule has 0 unspecified atom stereocenters. The van der Waals surface area contributed by atoms with E-state index in [1.54, 1.807) is 32.2 Å². The lowest BCUT2D eigenvalue weighted by atomic mass is 10.0. The largest absolute Gasteiger partial charge is 0.495 e. The highest BCUT2D eigenvalue weighted by Crippen LogP contribution is 2.22. The van der Waals surface area contributed by atoms with Crippen molar-refractivity contribution in [3.8, 4) is 5.75 Å². The van der Waals surface area contributed by atoms with Gasteiger partial charge < -0.3 is 14.8 Å². The minimum Gasteiger partial charge on any atom is -0.495 e. The summed E-state index contributed by atoms with van der Waals surface area (Å²) in [6.07, 6.45) is 0.170. The molecule has 19 heavy (non-hydrogen) atoms. The molecule has 0 radical (unpaired) electrons. The van der Waals surface area contributed by atoms with Crippen molar-refractivity contribution in [3.05, 3.63) is 39.7 Å². The zero-order chi connectivity index (χ0) is 14.0. The van der Waals surface area contributed by atoms with Crippen molar-refractivity contribution < 1.29 is 14.6 Å². The van der Waals surface area contributed by atoms with E-state index in [1.165, 1.54) is 0 Å². The van der Waals surface area contributed by atoms with Gasteiger partial charge in [0.15, 0.2) is 5.43 Å². The van der Waals surface area contributed by atoms with Crippen LogP contribution in [-0.4, -0.2) is 23.2 Å². The van der Waals surface area contributed by atoms with Gasteiger partial charge in [-0.2, -0.15) is 0 Å². The number of aromatic nitrogens is 1. The maximum atomic E-state index is 12.4. The summed E-state index contributed by atoms with van der Waals surface area (Å²) in [5.74, 6) is -0.313. The molecule has 0 spiro atoms. The summed E-state index contributed by atoms with van der Waals surface area (Å²) in [5, 5.41) is 9.24. The molecule has 0 saturated heterocycles. The number of para-hydroxylation sites is 1. The fourth-order valence-corrected chi connectivity index (χ4v) is 2.15. The molecule has 0 bridgehead atoms. The van der Waals surface area contributed by atoms with Crippen LogP contribution in [0.4, 0.5) is 0 Å². The van der Waals surface area contributed by atoms with E-state index in [1.807, 2.05) is 0 Å². The average molecular weight is 261 g/mol. The molecule has 0 aliphatic heterocycles. The fourth-order valence-electron chi connectivity index (χ4n) is 2.15. The molecule has 1 aromatic carbocycles. The van der Waals surface area contributed by atoms with Crippen LogP contribution in [0.25, 0.3) is 10.9 Å². The molecule has 2 N–H and O–H groups in total. The van der Waals surface area contributed by atoms with Crippen molar-refractivity contribution in [3.63, 3.8) is 0 Å². The van der Waals surface area contributed by atoms with Crippen LogP contribution < -0.4 is 10.2 Å². The molecule has 2 rings (SSSR count). The molecule has 0 saturated carbocycles. The number of ether oxygens (including phenoxy) is 1. The Kier molecular flexibility index (Phi) is 3.55. The first-order valence-electron chi connectivity index (χ1n) is 5.95. The van der Waals surface area contributed by atoms with Crippen molar-refractivity contribution in [2.75, 3.05) is 7.11 Å². The van der Waals surface area contributed by atoms with Crippen molar-refractivity contribution in [1.82, 2.24) is 4.98 Å². The number of carboxylic acids is 1. The first-order valence-corrected chi connectivity index (χ1v) is 5.95. The van der Waals surface area contributed by atoms with Crippen LogP contribution in [0.1, 0.15) is 17.7 Å². The van der Waals surface area contributed by atoms with Gasteiger partial charge in [0, 0.05) is 23.1 Å². The summed E-state index contributed by atoms with van der Waals surface area (Å²) in [7, 11) is 1.54. The summed E-state index contributed by atoms with van der Waals surface area (Å²) >= 11 is 0. The maximum Gasteiger partial charge on any atom is 0.303 e. The first kappa shape index (κ1) is 13.1. The topological polar surface area (TPSA) is 79.4 Å². The Labute approximate surface area is 109 Å². The number of H-pyrrole nitrogens is 1. The number of carboxylic acid groups (broad SMARTS) is 1. The molecule has 5 nitrogen and oxygen atoms in total. The standard InChI is InChI=1S/C14H15NO4/c1-8-9(6-7-12(16)17)14(18)10-4-3-5-11(19-2)13(10)15-8/h3-5H,6-7H2,1-2H3,(H,15,18)(H,16,17). The van der Waals surface area contributed by atoms with Gasteiger partial charge in [-0.05, 0) is 25.5 Å². The molecule has 0 aliphatic carbocycles. The number of benzene rings is 1. The molecule has 100 valence electrons. The molecule has 0 aliphatic rings. The lowest BCUT2D eigenvalue weighted by Crippen LogP contribution is -2.15. The highest BCUT2D eigenvalue weighted by atomic mass is 16.5. The van der Waals surface area contributed by atoms with E-state index >= 15 is 0 Å². The molecule has 1 heterocycles. The Morgan fingerprint density at radius 2 is 2.16 bits per heavy atom. The smallest absolute Gasteiger partial charge is 0.303 e. The number of carbonyl (C=O) groups is 1. The Morgan fingerprint density at radius 3 is 2.79 bits per heavy atom. The van der Waals surface area contributed by atoms with Crippen molar-refractivity contribution >= 4 is 16.9 Å². The lowest BCUT2D eigenvalue weighted by Gasteiger charge is -2.09. The van der Waals surface area contributed by atoms with Gasteiger partial charge in [0.25, 0.3) is 0 Å². The number of hydrogen-bond donors (Lipinski definition) is 2. The zero-order valence-electron chi connectivity index (χ0n) is 10.8. The van der Waals surface area contributed by atoms with E-state index in [0.29, 0.717) is 27.9 Å². The minimum absolute atomic E-state index is 0.0562. The Morgan fingerprint density at radius 1 is 1.42 bits per heavy atom. The van der Waals surface area contributed by atoms with Crippen LogP contribution in [0.3, 0.4) is 0 Å². The third kappa shape index (κ3) is 2.45. The highest BCUT2D eigenvalue weighted by Gasteiger charge is 2.12. The number of aliphatic carboxylic acids is 1. The molecular formula is C14H15NO4. The maximum absolute atomic E-state index is 12.4. The van der Waals surface area contributed by atoms with E-state index < -0.39 is 5.97 Å². The van der Waals surface area contributed by atoms with Crippen LogP contribution in [0, 0.1) is 6.92 Å². The number of hydrogen-bond acceptors (Lipinski definition) is 3. The summed E-state index contributed by atoms with van der Waals surface area (Å²) in [6.45, 7) is 1.77. The Bertz CT molecular complexity index is 688. The molecule has 0 atom stereocenters. The van der Waals surface area contributed by atoms with E-state index in [9.17, 15) is 9.59 Å². The zero-order valence-corrected chi connectivity index (χ0v) is 10.8. The van der Waals surface area contributed by atoms with Gasteiger partial charge in [0.2, 0.25) is 0 Å².